The van der Waals surface area contributed by atoms with E-state index >= 15 is 0 Å². The quantitative estimate of drug-likeness (QED) is 0.279. The van der Waals surface area contributed by atoms with Crippen LogP contribution in [-0.4, -0.2) is 6.61 Å². The van der Waals surface area contributed by atoms with E-state index in [2.05, 4.69) is 11.1 Å². The minimum Gasteiger partial charge on any atom is -0.424 e. The monoisotopic (exact) mass is 316 g/mol. The first-order chi connectivity index (χ1) is 8.77. The Hall–Kier alpha value is 1.55. The average molecular weight is 317 g/mol. The molecule has 19 heavy (non-hydrogen) atoms. The summed E-state index contributed by atoms with van der Waals surface area (Å²) in [5.41, 5.74) is 0. The molecule has 0 aromatic carbocycles. The van der Waals surface area contributed by atoms with Crippen LogP contribution in [0.1, 0.15) is 84.0 Å². The van der Waals surface area contributed by atoms with Crippen molar-refractivity contribution in [3.05, 3.63) is 0 Å². The second kappa shape index (κ2) is 19.5. The van der Waals surface area contributed by atoms with Crippen LogP contribution in [0.4, 0.5) is 0 Å². The van der Waals surface area contributed by atoms with Crippen molar-refractivity contribution in [3.8, 4) is 0 Å². The molecule has 0 aliphatic rings. The first-order valence-electron chi connectivity index (χ1n) is 7.50. The summed E-state index contributed by atoms with van der Waals surface area (Å²) in [6.07, 6.45) is 15.4. The summed E-state index contributed by atoms with van der Waals surface area (Å²) in [5.74, 6) is 0. The largest absolute Gasteiger partial charge is 1.00 e. The van der Waals surface area contributed by atoms with E-state index in [1.807, 2.05) is 0 Å². The molecule has 0 saturated heterocycles. The zero-order valence-electron chi connectivity index (χ0n) is 12.8. The molecule has 0 radical (unpaired) electrons. The number of hydrogen-bond donors (Lipinski definition) is 0. The van der Waals surface area contributed by atoms with E-state index in [0.29, 0.717) is 6.61 Å². The molecular formula is C14H29KO3S. The van der Waals surface area contributed by atoms with Gasteiger partial charge in [0.05, 0.1) is 11.0 Å². The fraction of sp³-hybridized carbons (Fsp3) is 1.00. The van der Waals surface area contributed by atoms with Gasteiger partial charge in [-0.3, -0.25) is 0 Å². The van der Waals surface area contributed by atoms with Crippen LogP contribution in [0.2, 0.25) is 0 Å². The minimum absolute atomic E-state index is 0. The van der Waals surface area contributed by atoms with Gasteiger partial charge in [0.2, 0.25) is 0 Å². The van der Waals surface area contributed by atoms with Crippen LogP contribution in [0.15, 0.2) is 0 Å². The van der Waals surface area contributed by atoms with Crippen molar-refractivity contribution in [1.82, 2.24) is 0 Å². The van der Waals surface area contributed by atoms with Gasteiger partial charge >= 0.3 is 51.4 Å². The number of unbranched alkanes of at least 4 members (excludes halogenated alkanes) is 11. The second-order valence-corrected chi connectivity index (χ2v) is 5.56. The van der Waals surface area contributed by atoms with Crippen molar-refractivity contribution in [3.63, 3.8) is 0 Å². The topological polar surface area (TPSA) is 43.4 Å². The van der Waals surface area contributed by atoms with Gasteiger partial charge in [-0.15, -0.1) is 0 Å². The number of hydrogen-bond acceptors (Lipinski definition) is 4. The van der Waals surface area contributed by atoms with E-state index in [1.54, 1.807) is 0 Å². The van der Waals surface area contributed by atoms with Crippen LogP contribution in [-0.2, 0) is 23.6 Å². The van der Waals surface area contributed by atoms with Crippen molar-refractivity contribution < 1.29 is 64.0 Å². The molecule has 5 heteroatoms. The molecule has 0 saturated carbocycles. The van der Waals surface area contributed by atoms with Crippen LogP contribution >= 0.6 is 0 Å². The van der Waals surface area contributed by atoms with Crippen molar-refractivity contribution >= 4 is 11.0 Å². The average Bonchev–Trinajstić information content (AvgIpc) is 2.34. The van der Waals surface area contributed by atoms with Crippen molar-refractivity contribution in [1.29, 1.82) is 0 Å². The van der Waals surface area contributed by atoms with Crippen molar-refractivity contribution in [2.75, 3.05) is 6.61 Å². The Bertz CT molecular complexity index is 225. The Labute approximate surface area is 163 Å². The van der Waals surface area contributed by atoms with Crippen LogP contribution in [0.25, 0.3) is 0 Å². The van der Waals surface area contributed by atoms with Crippen molar-refractivity contribution in [2.24, 2.45) is 0 Å². The fourth-order valence-electron chi connectivity index (χ4n) is 2.07. The van der Waals surface area contributed by atoms with E-state index in [-0.39, 0.29) is 51.4 Å². The molecule has 0 heterocycles. The maximum Gasteiger partial charge on any atom is 1.00 e. The molecule has 0 aromatic heterocycles. The van der Waals surface area contributed by atoms with E-state index in [0.717, 1.165) is 12.8 Å². The van der Waals surface area contributed by atoms with E-state index in [9.17, 15) is 8.42 Å². The molecule has 0 unspecified atom stereocenters. The molecule has 0 aromatic rings. The zero-order valence-corrected chi connectivity index (χ0v) is 16.8. The Balaban J connectivity index is 0. The van der Waals surface area contributed by atoms with Crippen LogP contribution < -0.4 is 51.4 Å². The standard InChI is InChI=1S/C14H29O3S.K/c1-2-3-4-5-6-7-8-9-10-11-12-13-14-17-18(15)16;/h2-14H2,1H3;/q-1;+1. The predicted octanol–water partition coefficient (Wildman–Crippen LogP) is 1.93. The van der Waals surface area contributed by atoms with Gasteiger partial charge in [0, 0.05) is 6.61 Å². The SMILES string of the molecule is CCCCCCCCCCCCCCO[S-](=O)=O.[K+]. The fourth-order valence-corrected chi connectivity index (χ4v) is 2.32. The first kappa shape index (κ1) is 22.8. The predicted molar refractivity (Wildman–Crippen MR) is 75.8 cm³/mol. The third-order valence-electron chi connectivity index (χ3n) is 3.18. The van der Waals surface area contributed by atoms with Crippen LogP contribution in [0, 0.1) is 0 Å². The van der Waals surface area contributed by atoms with Gasteiger partial charge in [0.15, 0.2) is 0 Å². The molecule has 0 spiro atoms. The zero-order chi connectivity index (χ0) is 13.5. The molecule has 0 fully saturated rings. The molecule has 0 N–H and O–H groups in total. The van der Waals surface area contributed by atoms with Gasteiger partial charge in [0.25, 0.3) is 0 Å². The van der Waals surface area contributed by atoms with Crippen LogP contribution in [0.5, 0.6) is 0 Å². The number of rotatable bonds is 14. The Morgan fingerprint density at radius 3 is 1.42 bits per heavy atom. The Kier molecular flexibility index (Phi) is 23.5. The molecule has 0 amide bonds. The van der Waals surface area contributed by atoms with E-state index in [1.165, 1.54) is 64.2 Å². The van der Waals surface area contributed by atoms with Gasteiger partial charge in [-0.25, -0.2) is 0 Å². The van der Waals surface area contributed by atoms with Crippen molar-refractivity contribution in [2.45, 2.75) is 84.0 Å². The van der Waals surface area contributed by atoms with E-state index in [4.69, 9.17) is 0 Å². The van der Waals surface area contributed by atoms with Gasteiger partial charge < -0.3 is 12.6 Å². The Morgan fingerprint density at radius 2 is 1.05 bits per heavy atom. The summed E-state index contributed by atoms with van der Waals surface area (Å²) in [7, 11) is -2.33. The summed E-state index contributed by atoms with van der Waals surface area (Å²) in [6.45, 7) is 2.59. The molecule has 3 nitrogen and oxygen atoms in total. The smallest absolute Gasteiger partial charge is 0.424 e. The third-order valence-corrected chi connectivity index (χ3v) is 3.54. The van der Waals surface area contributed by atoms with Crippen LogP contribution in [0.3, 0.4) is 0 Å². The second-order valence-electron chi connectivity index (χ2n) is 4.92. The van der Waals surface area contributed by atoms with E-state index < -0.39 is 11.0 Å². The Morgan fingerprint density at radius 1 is 0.684 bits per heavy atom. The van der Waals surface area contributed by atoms with Gasteiger partial charge in [-0.1, -0.05) is 77.6 Å². The minimum atomic E-state index is -2.33. The summed E-state index contributed by atoms with van der Waals surface area (Å²) in [6, 6.07) is 0. The molecule has 0 bridgehead atoms. The molecule has 0 atom stereocenters. The first-order valence-corrected chi connectivity index (χ1v) is 8.50. The van der Waals surface area contributed by atoms with Gasteiger partial charge in [-0.05, 0) is 6.42 Å². The normalized spacial score (nSPS) is 10.6. The molecule has 0 aliphatic carbocycles. The molecule has 110 valence electrons. The maximum absolute atomic E-state index is 10.1. The summed E-state index contributed by atoms with van der Waals surface area (Å²) >= 11 is 0. The third kappa shape index (κ3) is 22.0. The molecular weight excluding hydrogens is 287 g/mol. The molecule has 0 rings (SSSR count). The summed E-state index contributed by atoms with van der Waals surface area (Å²) < 4.78 is 24.6. The van der Waals surface area contributed by atoms with Gasteiger partial charge in [0.1, 0.15) is 0 Å². The summed E-state index contributed by atoms with van der Waals surface area (Å²) in [5, 5.41) is 0. The maximum atomic E-state index is 10.1. The molecule has 0 aliphatic heterocycles. The van der Waals surface area contributed by atoms with Gasteiger partial charge in [-0.2, -0.15) is 0 Å². The summed E-state index contributed by atoms with van der Waals surface area (Å²) in [4.78, 5) is 0.